The smallest absolute Gasteiger partial charge is 0.214 e. The molecule has 1 aromatic carbocycles. The SMILES string of the molecule is CN(Cc1ccccc1Cl)c1cccc(F)n1. The molecule has 0 radical (unpaired) electrons. The average molecular weight is 251 g/mol. The highest BCUT2D eigenvalue weighted by molar-refractivity contribution is 6.31. The number of pyridine rings is 1. The number of anilines is 1. The number of rotatable bonds is 3. The third kappa shape index (κ3) is 2.94. The molecule has 2 rings (SSSR count). The number of hydrogen-bond acceptors (Lipinski definition) is 2. The van der Waals surface area contributed by atoms with E-state index in [2.05, 4.69) is 4.98 Å². The number of aromatic nitrogens is 1. The second kappa shape index (κ2) is 5.15. The van der Waals surface area contributed by atoms with E-state index in [-0.39, 0.29) is 0 Å². The number of benzene rings is 1. The highest BCUT2D eigenvalue weighted by Gasteiger charge is 2.06. The van der Waals surface area contributed by atoms with E-state index in [4.69, 9.17) is 11.6 Å². The third-order valence-electron chi connectivity index (χ3n) is 2.46. The molecule has 0 aliphatic carbocycles. The van der Waals surface area contributed by atoms with Crippen LogP contribution in [0, 0.1) is 5.95 Å². The molecule has 1 aromatic heterocycles. The summed E-state index contributed by atoms with van der Waals surface area (Å²) < 4.78 is 13.0. The Bertz CT molecular complexity index is 516. The first-order valence-corrected chi connectivity index (χ1v) is 5.62. The maximum Gasteiger partial charge on any atom is 0.214 e. The van der Waals surface area contributed by atoms with Crippen molar-refractivity contribution in [2.24, 2.45) is 0 Å². The summed E-state index contributed by atoms with van der Waals surface area (Å²) in [6.07, 6.45) is 0. The molecule has 0 amide bonds. The van der Waals surface area contributed by atoms with Gasteiger partial charge in [0, 0.05) is 18.6 Å². The van der Waals surface area contributed by atoms with Gasteiger partial charge in [-0.2, -0.15) is 4.39 Å². The van der Waals surface area contributed by atoms with E-state index in [1.807, 2.05) is 36.2 Å². The van der Waals surface area contributed by atoms with Crippen LogP contribution in [0.1, 0.15) is 5.56 Å². The van der Waals surface area contributed by atoms with Gasteiger partial charge in [0.15, 0.2) is 0 Å². The molecule has 17 heavy (non-hydrogen) atoms. The van der Waals surface area contributed by atoms with E-state index in [1.165, 1.54) is 6.07 Å². The van der Waals surface area contributed by atoms with Crippen molar-refractivity contribution in [3.63, 3.8) is 0 Å². The van der Waals surface area contributed by atoms with Crippen LogP contribution in [0.4, 0.5) is 10.2 Å². The van der Waals surface area contributed by atoms with Crippen LogP contribution in [0.3, 0.4) is 0 Å². The Morgan fingerprint density at radius 2 is 1.94 bits per heavy atom. The molecule has 0 atom stereocenters. The topological polar surface area (TPSA) is 16.1 Å². The molecule has 88 valence electrons. The van der Waals surface area contributed by atoms with Crippen molar-refractivity contribution in [3.05, 3.63) is 59.0 Å². The highest BCUT2D eigenvalue weighted by atomic mass is 35.5. The zero-order valence-corrected chi connectivity index (χ0v) is 10.2. The van der Waals surface area contributed by atoms with Crippen LogP contribution in [-0.4, -0.2) is 12.0 Å². The first kappa shape index (κ1) is 11.9. The molecule has 0 aliphatic heterocycles. The molecular formula is C13H12ClFN2. The van der Waals surface area contributed by atoms with Gasteiger partial charge in [0.05, 0.1) is 0 Å². The Labute approximate surface area is 105 Å². The van der Waals surface area contributed by atoms with E-state index in [9.17, 15) is 4.39 Å². The zero-order chi connectivity index (χ0) is 12.3. The van der Waals surface area contributed by atoms with Crippen molar-refractivity contribution in [1.82, 2.24) is 4.98 Å². The van der Waals surface area contributed by atoms with Crippen LogP contribution in [-0.2, 0) is 6.54 Å². The summed E-state index contributed by atoms with van der Waals surface area (Å²) in [5, 5.41) is 0.704. The van der Waals surface area contributed by atoms with Gasteiger partial charge >= 0.3 is 0 Å². The summed E-state index contributed by atoms with van der Waals surface area (Å²) in [6.45, 7) is 0.593. The largest absolute Gasteiger partial charge is 0.355 e. The molecule has 0 spiro atoms. The fraction of sp³-hybridized carbons (Fsp3) is 0.154. The molecule has 1 heterocycles. The molecule has 0 saturated heterocycles. The van der Waals surface area contributed by atoms with Crippen molar-refractivity contribution < 1.29 is 4.39 Å². The van der Waals surface area contributed by atoms with E-state index in [0.29, 0.717) is 17.4 Å². The molecule has 0 aliphatic rings. The van der Waals surface area contributed by atoms with Crippen LogP contribution in [0.25, 0.3) is 0 Å². The minimum absolute atomic E-state index is 0.478. The number of hydrogen-bond donors (Lipinski definition) is 0. The van der Waals surface area contributed by atoms with Crippen molar-refractivity contribution in [1.29, 1.82) is 0 Å². The van der Waals surface area contributed by atoms with Crippen LogP contribution < -0.4 is 4.90 Å². The normalized spacial score (nSPS) is 10.3. The number of nitrogens with zero attached hydrogens (tertiary/aromatic N) is 2. The van der Waals surface area contributed by atoms with Crippen LogP contribution in [0.2, 0.25) is 5.02 Å². The first-order valence-electron chi connectivity index (χ1n) is 5.24. The first-order chi connectivity index (χ1) is 8.16. The van der Waals surface area contributed by atoms with Crippen LogP contribution >= 0.6 is 11.6 Å². The van der Waals surface area contributed by atoms with Gasteiger partial charge in [-0.25, -0.2) is 4.98 Å². The van der Waals surface area contributed by atoms with E-state index in [0.717, 1.165) is 5.56 Å². The molecule has 2 nitrogen and oxygen atoms in total. The van der Waals surface area contributed by atoms with Crippen LogP contribution in [0.15, 0.2) is 42.5 Å². The molecule has 0 unspecified atom stereocenters. The maximum absolute atomic E-state index is 13.0. The fourth-order valence-electron chi connectivity index (χ4n) is 1.57. The van der Waals surface area contributed by atoms with E-state index in [1.54, 1.807) is 12.1 Å². The van der Waals surface area contributed by atoms with Gasteiger partial charge in [0.1, 0.15) is 5.82 Å². The lowest BCUT2D eigenvalue weighted by Crippen LogP contribution is -2.18. The average Bonchev–Trinajstić information content (AvgIpc) is 2.32. The van der Waals surface area contributed by atoms with Crippen molar-refractivity contribution in [2.45, 2.75) is 6.54 Å². The summed E-state index contributed by atoms with van der Waals surface area (Å²) >= 11 is 6.07. The third-order valence-corrected chi connectivity index (χ3v) is 2.83. The predicted molar refractivity (Wildman–Crippen MR) is 67.8 cm³/mol. The van der Waals surface area contributed by atoms with Gasteiger partial charge < -0.3 is 4.90 Å². The lowest BCUT2D eigenvalue weighted by Gasteiger charge is -2.18. The Hall–Kier alpha value is -1.61. The maximum atomic E-state index is 13.0. The lowest BCUT2D eigenvalue weighted by molar-refractivity contribution is 0.582. The van der Waals surface area contributed by atoms with Gasteiger partial charge in [-0.3, -0.25) is 0 Å². The van der Waals surface area contributed by atoms with Crippen molar-refractivity contribution in [2.75, 3.05) is 11.9 Å². The summed E-state index contributed by atoms with van der Waals surface area (Å²) in [4.78, 5) is 5.67. The molecule has 2 aromatic rings. The van der Waals surface area contributed by atoms with Crippen molar-refractivity contribution in [3.8, 4) is 0 Å². The van der Waals surface area contributed by atoms with E-state index >= 15 is 0 Å². The molecular weight excluding hydrogens is 239 g/mol. The van der Waals surface area contributed by atoms with Gasteiger partial charge in [-0.05, 0) is 23.8 Å². The molecule has 0 bridgehead atoms. The summed E-state index contributed by atoms with van der Waals surface area (Å²) in [5.41, 5.74) is 0.989. The van der Waals surface area contributed by atoms with Crippen molar-refractivity contribution >= 4 is 17.4 Å². The molecule has 0 fully saturated rings. The fourth-order valence-corrected chi connectivity index (χ4v) is 1.77. The second-order valence-corrected chi connectivity index (χ2v) is 4.17. The minimum atomic E-state index is -0.478. The van der Waals surface area contributed by atoms with E-state index < -0.39 is 5.95 Å². The summed E-state index contributed by atoms with van der Waals surface area (Å²) in [6, 6.07) is 12.3. The summed E-state index contributed by atoms with van der Waals surface area (Å²) in [7, 11) is 1.85. The Morgan fingerprint density at radius 1 is 1.18 bits per heavy atom. The van der Waals surface area contributed by atoms with Gasteiger partial charge in [0.2, 0.25) is 5.95 Å². The molecule has 0 N–H and O–H groups in total. The monoisotopic (exact) mass is 250 g/mol. The molecule has 0 saturated carbocycles. The lowest BCUT2D eigenvalue weighted by atomic mass is 10.2. The Balaban J connectivity index is 2.17. The van der Waals surface area contributed by atoms with Gasteiger partial charge in [-0.15, -0.1) is 0 Å². The Morgan fingerprint density at radius 3 is 2.65 bits per heavy atom. The molecule has 4 heteroatoms. The highest BCUT2D eigenvalue weighted by Crippen LogP contribution is 2.19. The standard InChI is InChI=1S/C13H12ClFN2/c1-17(13-8-4-7-12(15)16-13)9-10-5-2-3-6-11(10)14/h2-8H,9H2,1H3. The Kier molecular flexibility index (Phi) is 3.59. The minimum Gasteiger partial charge on any atom is -0.355 e. The number of halogens is 2. The van der Waals surface area contributed by atoms with Gasteiger partial charge in [0.25, 0.3) is 0 Å². The van der Waals surface area contributed by atoms with Crippen LogP contribution in [0.5, 0.6) is 0 Å². The summed E-state index contributed by atoms with van der Waals surface area (Å²) in [5.74, 6) is 0.110. The quantitative estimate of drug-likeness (QED) is 0.775. The second-order valence-electron chi connectivity index (χ2n) is 3.77. The van der Waals surface area contributed by atoms with Gasteiger partial charge in [-0.1, -0.05) is 35.9 Å². The predicted octanol–water partition coefficient (Wildman–Crippen LogP) is 3.51. The zero-order valence-electron chi connectivity index (χ0n) is 9.40.